The lowest BCUT2D eigenvalue weighted by Gasteiger charge is -2.22. The molecule has 0 bridgehead atoms. The summed E-state index contributed by atoms with van der Waals surface area (Å²) in [6.07, 6.45) is 0. The summed E-state index contributed by atoms with van der Waals surface area (Å²) in [7, 11) is 0. The summed E-state index contributed by atoms with van der Waals surface area (Å²) in [6.45, 7) is 7.38. The van der Waals surface area contributed by atoms with Crippen LogP contribution in [0.4, 0.5) is 4.79 Å². The van der Waals surface area contributed by atoms with E-state index in [-0.39, 0.29) is 6.03 Å². The average Bonchev–Trinajstić information content (AvgIpc) is 2.83. The third-order valence-electron chi connectivity index (χ3n) is 3.03. The molecule has 0 aliphatic carbocycles. The first kappa shape index (κ1) is 15.1. The maximum absolute atomic E-state index is 11.8. The van der Waals surface area contributed by atoms with Crippen LogP contribution in [0.5, 0.6) is 0 Å². The van der Waals surface area contributed by atoms with Crippen LogP contribution in [0, 0.1) is 0 Å². The monoisotopic (exact) mass is 275 g/mol. The van der Waals surface area contributed by atoms with Gasteiger partial charge in [0.05, 0.1) is 5.88 Å². The number of thioether (sulfide) groups is 1. The minimum atomic E-state index is -0.932. The summed E-state index contributed by atoms with van der Waals surface area (Å²) in [4.78, 5) is 26.4. The molecule has 0 unspecified atom stereocenters. The van der Waals surface area contributed by atoms with Crippen molar-refractivity contribution in [3.63, 3.8) is 0 Å². The number of urea groups is 1. The number of aliphatic carboxylic acids is 1. The highest BCUT2D eigenvalue weighted by Crippen LogP contribution is 2.20. The van der Waals surface area contributed by atoms with Crippen molar-refractivity contribution in [1.29, 1.82) is 0 Å². The molecule has 1 heterocycles. The Morgan fingerprint density at radius 1 is 1.44 bits per heavy atom. The van der Waals surface area contributed by atoms with E-state index in [1.165, 1.54) is 16.7 Å². The molecule has 1 aliphatic rings. The zero-order valence-corrected chi connectivity index (χ0v) is 11.7. The highest BCUT2D eigenvalue weighted by atomic mass is 32.2. The van der Waals surface area contributed by atoms with Crippen LogP contribution in [-0.2, 0) is 4.79 Å². The number of carbonyl (C=O) groups is 2. The average molecular weight is 275 g/mol. The summed E-state index contributed by atoms with van der Waals surface area (Å²) in [5.74, 6) is -0.00810. The lowest BCUT2D eigenvalue weighted by molar-refractivity contribution is -0.140. The normalized spacial score (nSPS) is 19.3. The van der Waals surface area contributed by atoms with Crippen molar-refractivity contribution in [2.75, 3.05) is 37.8 Å². The van der Waals surface area contributed by atoms with Crippen molar-refractivity contribution in [2.24, 2.45) is 0 Å². The van der Waals surface area contributed by atoms with E-state index in [0.29, 0.717) is 18.2 Å². The number of rotatable bonds is 6. The van der Waals surface area contributed by atoms with E-state index in [2.05, 4.69) is 24.1 Å². The third-order valence-corrected chi connectivity index (χ3v) is 4.04. The minimum Gasteiger partial charge on any atom is -0.480 e. The fraction of sp³-hybridized carbons (Fsp3) is 0.818. The Bertz CT molecular complexity index is 297. The first-order valence-electron chi connectivity index (χ1n) is 6.17. The highest BCUT2D eigenvalue weighted by molar-refractivity contribution is 7.99. The maximum atomic E-state index is 11.8. The molecule has 1 aliphatic heterocycles. The molecular formula is C11H21N3O3S. The summed E-state index contributed by atoms with van der Waals surface area (Å²) in [6, 6.07) is -0.969. The lowest BCUT2D eigenvalue weighted by Crippen LogP contribution is -2.48. The van der Waals surface area contributed by atoms with Crippen molar-refractivity contribution in [3.05, 3.63) is 0 Å². The van der Waals surface area contributed by atoms with Gasteiger partial charge in [-0.1, -0.05) is 13.8 Å². The smallest absolute Gasteiger partial charge is 0.327 e. The Labute approximate surface area is 112 Å². The number of carboxylic acid groups (broad SMARTS) is 1. The van der Waals surface area contributed by atoms with Gasteiger partial charge < -0.3 is 20.2 Å². The fourth-order valence-electron chi connectivity index (χ4n) is 1.81. The molecule has 0 spiro atoms. The molecule has 0 aromatic heterocycles. The molecule has 18 heavy (non-hydrogen) atoms. The standard InChI is InChI=1S/C11H21N3O3S/c1-3-13(4-2)6-5-12-11(17)14-8-18-7-9(14)10(15)16/h9H,3-8H2,1-2H3,(H,12,17)(H,15,16)/t9-/m0/s1. The Kier molecular flexibility index (Phi) is 6.28. The Balaban J connectivity index is 2.34. The lowest BCUT2D eigenvalue weighted by atomic mass is 10.3. The van der Waals surface area contributed by atoms with Crippen LogP contribution >= 0.6 is 11.8 Å². The number of carbonyl (C=O) groups excluding carboxylic acids is 1. The molecule has 7 heteroatoms. The van der Waals surface area contributed by atoms with Gasteiger partial charge in [-0.05, 0) is 13.1 Å². The van der Waals surface area contributed by atoms with Gasteiger partial charge in [0.25, 0.3) is 0 Å². The molecule has 1 saturated heterocycles. The molecule has 0 aromatic rings. The van der Waals surface area contributed by atoms with Gasteiger partial charge in [0.1, 0.15) is 6.04 Å². The fourth-order valence-corrected chi connectivity index (χ4v) is 2.95. The predicted molar refractivity (Wildman–Crippen MR) is 71.8 cm³/mol. The van der Waals surface area contributed by atoms with Crippen molar-refractivity contribution < 1.29 is 14.7 Å². The van der Waals surface area contributed by atoms with Gasteiger partial charge in [0, 0.05) is 18.8 Å². The van der Waals surface area contributed by atoms with Crippen molar-refractivity contribution >= 4 is 23.8 Å². The molecule has 2 N–H and O–H groups in total. The first-order chi connectivity index (χ1) is 8.60. The van der Waals surface area contributed by atoms with E-state index in [4.69, 9.17) is 5.11 Å². The molecule has 0 radical (unpaired) electrons. The van der Waals surface area contributed by atoms with E-state index in [0.717, 1.165) is 19.6 Å². The maximum Gasteiger partial charge on any atom is 0.327 e. The summed E-state index contributed by atoms with van der Waals surface area (Å²) < 4.78 is 0. The van der Waals surface area contributed by atoms with Crippen LogP contribution < -0.4 is 5.32 Å². The second-order valence-corrected chi connectivity index (χ2v) is 5.08. The zero-order chi connectivity index (χ0) is 13.5. The minimum absolute atomic E-state index is 0.278. The van der Waals surface area contributed by atoms with E-state index < -0.39 is 12.0 Å². The number of likely N-dealkylation sites (N-methyl/N-ethyl adjacent to an activating group) is 1. The number of hydrogen-bond acceptors (Lipinski definition) is 4. The Hall–Kier alpha value is -0.950. The van der Waals surface area contributed by atoms with Crippen LogP contribution in [0.2, 0.25) is 0 Å². The molecule has 0 aromatic carbocycles. The van der Waals surface area contributed by atoms with Crippen molar-refractivity contribution in [1.82, 2.24) is 15.1 Å². The Morgan fingerprint density at radius 3 is 2.67 bits per heavy atom. The van der Waals surface area contributed by atoms with E-state index in [9.17, 15) is 9.59 Å². The summed E-state index contributed by atoms with van der Waals surface area (Å²) in [5.41, 5.74) is 0. The van der Waals surface area contributed by atoms with E-state index in [1.54, 1.807) is 0 Å². The van der Waals surface area contributed by atoms with E-state index in [1.807, 2.05) is 0 Å². The van der Waals surface area contributed by atoms with Crippen LogP contribution in [0.1, 0.15) is 13.8 Å². The third kappa shape index (κ3) is 4.06. The van der Waals surface area contributed by atoms with Gasteiger partial charge in [-0.2, -0.15) is 0 Å². The second-order valence-electron chi connectivity index (χ2n) is 4.08. The summed E-state index contributed by atoms with van der Waals surface area (Å²) >= 11 is 1.47. The van der Waals surface area contributed by atoms with Gasteiger partial charge in [-0.15, -0.1) is 11.8 Å². The highest BCUT2D eigenvalue weighted by Gasteiger charge is 2.34. The van der Waals surface area contributed by atoms with Crippen LogP contribution in [-0.4, -0.2) is 70.8 Å². The largest absolute Gasteiger partial charge is 0.480 e. The topological polar surface area (TPSA) is 72.9 Å². The van der Waals surface area contributed by atoms with E-state index >= 15 is 0 Å². The number of amides is 2. The molecule has 0 saturated carbocycles. The zero-order valence-electron chi connectivity index (χ0n) is 10.9. The molecule has 2 amide bonds. The van der Waals surface area contributed by atoms with Crippen LogP contribution in [0.15, 0.2) is 0 Å². The number of hydrogen-bond donors (Lipinski definition) is 2. The van der Waals surface area contributed by atoms with Crippen molar-refractivity contribution in [2.45, 2.75) is 19.9 Å². The molecule has 104 valence electrons. The van der Waals surface area contributed by atoms with Gasteiger partial charge in [0.2, 0.25) is 0 Å². The van der Waals surface area contributed by atoms with Crippen LogP contribution in [0.3, 0.4) is 0 Å². The number of nitrogens with one attached hydrogen (secondary N) is 1. The molecule has 6 nitrogen and oxygen atoms in total. The quantitative estimate of drug-likeness (QED) is 0.738. The van der Waals surface area contributed by atoms with Crippen LogP contribution in [0.25, 0.3) is 0 Å². The van der Waals surface area contributed by atoms with Gasteiger partial charge in [-0.25, -0.2) is 9.59 Å². The predicted octanol–water partition coefficient (Wildman–Crippen LogP) is 0.497. The van der Waals surface area contributed by atoms with Gasteiger partial charge in [0.15, 0.2) is 0 Å². The Morgan fingerprint density at radius 2 is 2.11 bits per heavy atom. The van der Waals surface area contributed by atoms with Gasteiger partial charge >= 0.3 is 12.0 Å². The molecule has 1 fully saturated rings. The van der Waals surface area contributed by atoms with Crippen molar-refractivity contribution in [3.8, 4) is 0 Å². The number of carboxylic acids is 1. The summed E-state index contributed by atoms with van der Waals surface area (Å²) in [5, 5.41) is 11.8. The number of nitrogens with zero attached hydrogens (tertiary/aromatic N) is 2. The van der Waals surface area contributed by atoms with Gasteiger partial charge in [-0.3, -0.25) is 0 Å². The molecule has 1 atom stereocenters. The molecular weight excluding hydrogens is 254 g/mol. The second kappa shape index (κ2) is 7.48. The molecule has 1 rings (SSSR count). The first-order valence-corrected chi connectivity index (χ1v) is 7.33. The SMILES string of the molecule is CCN(CC)CCNC(=O)N1CSC[C@H]1C(=O)O.